The molecule has 1 N–H and O–H groups in total. The van der Waals surface area contributed by atoms with Crippen molar-refractivity contribution in [3.8, 4) is 0 Å². The molecule has 1 aliphatic heterocycles. The molecule has 1 fully saturated rings. The van der Waals surface area contributed by atoms with Gasteiger partial charge in [-0.3, -0.25) is 9.59 Å². The fourth-order valence-corrected chi connectivity index (χ4v) is 2.73. The Kier molecular flexibility index (Phi) is 4.96. The van der Waals surface area contributed by atoms with E-state index in [2.05, 4.69) is 5.32 Å². The molecule has 1 aromatic carbocycles. The third kappa shape index (κ3) is 3.42. The number of benzene rings is 1. The van der Waals surface area contributed by atoms with E-state index in [1.165, 1.54) is 0 Å². The number of carbonyl (C=O) groups excluding carboxylic acids is 2. The number of aryl methyl sites for hydroxylation is 1. The van der Waals surface area contributed by atoms with E-state index in [-0.39, 0.29) is 30.2 Å². The zero-order chi connectivity index (χ0) is 15.4. The van der Waals surface area contributed by atoms with Crippen LogP contribution in [-0.4, -0.2) is 44.0 Å². The third-order valence-corrected chi connectivity index (χ3v) is 3.95. The molecule has 0 unspecified atom stereocenters. The van der Waals surface area contributed by atoms with Gasteiger partial charge in [-0.25, -0.2) is 0 Å². The second-order valence-corrected chi connectivity index (χ2v) is 5.45. The van der Waals surface area contributed by atoms with Crippen LogP contribution in [0, 0.1) is 12.8 Å². The minimum atomic E-state index is -0.345. The second-order valence-electron chi connectivity index (χ2n) is 5.45. The summed E-state index contributed by atoms with van der Waals surface area (Å²) >= 11 is 0. The maximum Gasteiger partial charge on any atom is 0.226 e. The summed E-state index contributed by atoms with van der Waals surface area (Å²) < 4.78 is 4.93. The van der Waals surface area contributed by atoms with Crippen LogP contribution < -0.4 is 5.32 Å². The van der Waals surface area contributed by atoms with Crippen molar-refractivity contribution in [1.29, 1.82) is 0 Å². The first-order chi connectivity index (χ1) is 10.0. The van der Waals surface area contributed by atoms with Gasteiger partial charge < -0.3 is 15.0 Å². The number of rotatable bonds is 5. The van der Waals surface area contributed by atoms with Gasteiger partial charge in [0.25, 0.3) is 0 Å². The molecule has 0 aromatic heterocycles. The smallest absolute Gasteiger partial charge is 0.226 e. The van der Waals surface area contributed by atoms with Gasteiger partial charge >= 0.3 is 0 Å². The van der Waals surface area contributed by atoms with Crippen LogP contribution in [0.2, 0.25) is 0 Å². The summed E-state index contributed by atoms with van der Waals surface area (Å²) in [4.78, 5) is 26.0. The molecule has 114 valence electrons. The van der Waals surface area contributed by atoms with E-state index in [4.69, 9.17) is 4.74 Å². The van der Waals surface area contributed by atoms with E-state index in [1.807, 2.05) is 31.2 Å². The third-order valence-electron chi connectivity index (χ3n) is 3.95. The molecule has 21 heavy (non-hydrogen) atoms. The van der Waals surface area contributed by atoms with E-state index in [9.17, 15) is 9.59 Å². The zero-order valence-corrected chi connectivity index (χ0v) is 12.8. The highest BCUT2D eigenvalue weighted by Gasteiger charge is 2.42. The van der Waals surface area contributed by atoms with Gasteiger partial charge in [-0.15, -0.1) is 0 Å². The summed E-state index contributed by atoms with van der Waals surface area (Å²) in [6.45, 7) is 2.95. The van der Waals surface area contributed by atoms with Crippen LogP contribution >= 0.6 is 0 Å². The Morgan fingerprint density at radius 2 is 2.05 bits per heavy atom. The Morgan fingerprint density at radius 1 is 1.38 bits per heavy atom. The molecule has 0 aliphatic carbocycles. The molecule has 5 nitrogen and oxygen atoms in total. The average Bonchev–Trinajstić information content (AvgIpc) is 2.76. The topological polar surface area (TPSA) is 58.6 Å². The van der Waals surface area contributed by atoms with Gasteiger partial charge in [-0.1, -0.05) is 29.8 Å². The van der Waals surface area contributed by atoms with Crippen molar-refractivity contribution in [1.82, 2.24) is 10.2 Å². The minimum absolute atomic E-state index is 0.00691. The monoisotopic (exact) mass is 290 g/mol. The summed E-state index contributed by atoms with van der Waals surface area (Å²) in [6.07, 6.45) is 0.258. The van der Waals surface area contributed by atoms with Gasteiger partial charge in [-0.2, -0.15) is 0 Å². The molecule has 1 saturated heterocycles. The number of hydrogen-bond acceptors (Lipinski definition) is 3. The predicted octanol–water partition coefficient (Wildman–Crippen LogP) is 1.28. The highest BCUT2D eigenvalue weighted by molar-refractivity contribution is 5.90. The van der Waals surface area contributed by atoms with Crippen LogP contribution in [0.15, 0.2) is 24.3 Å². The van der Waals surface area contributed by atoms with Gasteiger partial charge in [0, 0.05) is 27.1 Å². The van der Waals surface area contributed by atoms with Gasteiger partial charge in [0.05, 0.1) is 18.6 Å². The molecule has 0 saturated carbocycles. The summed E-state index contributed by atoms with van der Waals surface area (Å²) in [7, 11) is 3.35. The summed E-state index contributed by atoms with van der Waals surface area (Å²) in [5.41, 5.74) is 2.16. The number of likely N-dealkylation sites (tertiary alicyclic amines) is 1. The highest BCUT2D eigenvalue weighted by atomic mass is 16.5. The summed E-state index contributed by atoms with van der Waals surface area (Å²) in [5.74, 6) is -0.426. The number of methoxy groups -OCH3 is 1. The van der Waals surface area contributed by atoms with Gasteiger partial charge in [-0.05, 0) is 12.5 Å². The molecule has 0 radical (unpaired) electrons. The molecule has 5 heteroatoms. The molecule has 0 spiro atoms. The lowest BCUT2D eigenvalue weighted by atomic mass is 9.92. The van der Waals surface area contributed by atoms with Crippen molar-refractivity contribution in [3.63, 3.8) is 0 Å². The molecule has 1 aliphatic rings. The lowest BCUT2D eigenvalue weighted by Crippen LogP contribution is -2.36. The molecular weight excluding hydrogens is 268 g/mol. The van der Waals surface area contributed by atoms with Crippen molar-refractivity contribution in [3.05, 3.63) is 35.4 Å². The Bertz CT molecular complexity index is 513. The Labute approximate surface area is 125 Å². The lowest BCUT2D eigenvalue weighted by Gasteiger charge is -2.25. The van der Waals surface area contributed by atoms with Gasteiger partial charge in [0.1, 0.15) is 0 Å². The zero-order valence-electron chi connectivity index (χ0n) is 12.8. The number of carbonyl (C=O) groups is 2. The standard InChI is InChI=1S/C16H22N2O3/c1-11-4-6-12(7-5-11)15-13(10-14(19)18(15)2)16(20)17-8-9-21-3/h4-7,13,15H,8-10H2,1-3H3,(H,17,20)/t13-,15-/m1/s1. The molecular formula is C16H22N2O3. The number of nitrogens with one attached hydrogen (secondary N) is 1. The molecule has 2 rings (SSSR count). The number of nitrogens with zero attached hydrogens (tertiary/aromatic N) is 1. The first-order valence-electron chi connectivity index (χ1n) is 7.13. The van der Waals surface area contributed by atoms with Crippen LogP contribution in [0.1, 0.15) is 23.6 Å². The fourth-order valence-electron chi connectivity index (χ4n) is 2.73. The van der Waals surface area contributed by atoms with E-state index in [0.717, 1.165) is 11.1 Å². The Balaban J connectivity index is 2.16. The maximum atomic E-state index is 12.3. The van der Waals surface area contributed by atoms with Crippen LogP contribution in [0.25, 0.3) is 0 Å². The molecule has 0 bridgehead atoms. The quantitative estimate of drug-likeness (QED) is 0.831. The largest absolute Gasteiger partial charge is 0.383 e. The van der Waals surface area contributed by atoms with Crippen LogP contribution in [0.3, 0.4) is 0 Å². The second kappa shape index (κ2) is 6.72. The maximum absolute atomic E-state index is 12.3. The summed E-state index contributed by atoms with van der Waals surface area (Å²) in [5, 5.41) is 2.83. The molecule has 2 atom stereocenters. The number of hydrogen-bond donors (Lipinski definition) is 1. The van der Waals surface area contributed by atoms with Crippen molar-refractivity contribution in [2.75, 3.05) is 27.3 Å². The number of amides is 2. The SMILES string of the molecule is COCCNC(=O)[C@@H]1CC(=O)N(C)[C@@H]1c1ccc(C)cc1. The molecule has 2 amide bonds. The fraction of sp³-hybridized carbons (Fsp3) is 0.500. The van der Waals surface area contributed by atoms with E-state index in [1.54, 1.807) is 19.1 Å². The van der Waals surface area contributed by atoms with Gasteiger partial charge in [0.15, 0.2) is 0 Å². The predicted molar refractivity (Wildman–Crippen MR) is 79.7 cm³/mol. The molecule has 1 aromatic rings. The van der Waals surface area contributed by atoms with Crippen molar-refractivity contribution >= 4 is 11.8 Å². The Hall–Kier alpha value is -1.88. The van der Waals surface area contributed by atoms with Crippen molar-refractivity contribution < 1.29 is 14.3 Å². The van der Waals surface area contributed by atoms with Crippen molar-refractivity contribution in [2.24, 2.45) is 5.92 Å². The minimum Gasteiger partial charge on any atom is -0.383 e. The lowest BCUT2D eigenvalue weighted by molar-refractivity contribution is -0.128. The van der Waals surface area contributed by atoms with E-state index < -0.39 is 0 Å². The average molecular weight is 290 g/mol. The highest BCUT2D eigenvalue weighted by Crippen LogP contribution is 2.37. The van der Waals surface area contributed by atoms with Gasteiger partial charge in [0.2, 0.25) is 11.8 Å². The normalized spacial score (nSPS) is 21.7. The van der Waals surface area contributed by atoms with E-state index >= 15 is 0 Å². The van der Waals surface area contributed by atoms with E-state index in [0.29, 0.717) is 13.2 Å². The van der Waals surface area contributed by atoms with Crippen LogP contribution in [0.4, 0.5) is 0 Å². The first-order valence-corrected chi connectivity index (χ1v) is 7.13. The summed E-state index contributed by atoms with van der Waals surface area (Å²) in [6, 6.07) is 7.80. The first kappa shape index (κ1) is 15.5. The number of ether oxygens (including phenoxy) is 1. The Morgan fingerprint density at radius 3 is 2.67 bits per heavy atom. The van der Waals surface area contributed by atoms with Crippen LogP contribution in [0.5, 0.6) is 0 Å². The van der Waals surface area contributed by atoms with Crippen LogP contribution in [-0.2, 0) is 14.3 Å². The van der Waals surface area contributed by atoms with Crippen molar-refractivity contribution in [2.45, 2.75) is 19.4 Å². The molecule has 1 heterocycles.